The van der Waals surface area contributed by atoms with Gasteiger partial charge < -0.3 is 10.2 Å². The lowest BCUT2D eigenvalue weighted by atomic mass is 9.70. The predicted molar refractivity (Wildman–Crippen MR) is 79.2 cm³/mol. The number of ketones is 1. The summed E-state index contributed by atoms with van der Waals surface area (Å²) in [6.07, 6.45) is 2.29. The van der Waals surface area contributed by atoms with Gasteiger partial charge in [0.2, 0.25) is 0 Å². The Morgan fingerprint density at radius 2 is 1.89 bits per heavy atom. The van der Waals surface area contributed by atoms with E-state index in [2.05, 4.69) is 44.8 Å². The molecule has 3 heteroatoms. The molecule has 2 saturated carbocycles. The molecular weight excluding hydrogens is 236 g/mol. The molecule has 3 unspecified atom stereocenters. The molecule has 0 aliphatic heterocycles. The van der Waals surface area contributed by atoms with Gasteiger partial charge in [-0.3, -0.25) is 4.79 Å². The summed E-state index contributed by atoms with van der Waals surface area (Å²) in [5.74, 6) is 0.995. The maximum atomic E-state index is 12.6. The monoisotopic (exact) mass is 266 g/mol. The van der Waals surface area contributed by atoms with Crippen molar-refractivity contribution in [2.24, 2.45) is 16.7 Å². The van der Waals surface area contributed by atoms with Crippen LogP contribution in [0, 0.1) is 16.7 Å². The largest absolute Gasteiger partial charge is 0.306 e. The van der Waals surface area contributed by atoms with Crippen molar-refractivity contribution >= 4 is 5.78 Å². The number of hydrogen-bond acceptors (Lipinski definition) is 3. The highest BCUT2D eigenvalue weighted by atomic mass is 16.1. The van der Waals surface area contributed by atoms with Gasteiger partial charge in [0.15, 0.2) is 5.78 Å². The average Bonchev–Trinajstić information content (AvgIpc) is 2.68. The Balaban J connectivity index is 1.95. The summed E-state index contributed by atoms with van der Waals surface area (Å²) in [6, 6.07) is 0.101. The van der Waals surface area contributed by atoms with Gasteiger partial charge >= 0.3 is 0 Å². The van der Waals surface area contributed by atoms with Crippen LogP contribution in [-0.4, -0.2) is 42.9 Å². The Hall–Kier alpha value is -0.410. The molecule has 1 N–H and O–H groups in total. The van der Waals surface area contributed by atoms with Crippen molar-refractivity contribution in [1.29, 1.82) is 0 Å². The summed E-state index contributed by atoms with van der Waals surface area (Å²) in [6.45, 7) is 15.3. The first-order valence-corrected chi connectivity index (χ1v) is 7.88. The van der Waals surface area contributed by atoms with E-state index in [1.165, 1.54) is 6.42 Å². The highest BCUT2D eigenvalue weighted by Crippen LogP contribution is 2.63. The summed E-state index contributed by atoms with van der Waals surface area (Å²) in [5, 5.41) is 3.55. The van der Waals surface area contributed by atoms with Crippen molar-refractivity contribution in [3.8, 4) is 0 Å². The minimum atomic E-state index is -0.0927. The number of likely N-dealkylation sites (N-methyl/N-ethyl adjacent to an activating group) is 1. The van der Waals surface area contributed by atoms with Gasteiger partial charge in [-0.2, -0.15) is 0 Å². The second kappa shape index (κ2) is 5.17. The molecule has 2 rings (SSSR count). The Bertz CT molecular complexity index is 349. The van der Waals surface area contributed by atoms with Gasteiger partial charge in [0.05, 0.1) is 6.04 Å². The molecule has 2 aliphatic carbocycles. The van der Waals surface area contributed by atoms with Crippen molar-refractivity contribution in [3.63, 3.8) is 0 Å². The lowest BCUT2D eigenvalue weighted by Gasteiger charge is -2.32. The highest BCUT2D eigenvalue weighted by molar-refractivity contribution is 5.94. The second-order valence-corrected chi connectivity index (χ2v) is 7.02. The summed E-state index contributed by atoms with van der Waals surface area (Å²) < 4.78 is 0. The lowest BCUT2D eigenvalue weighted by molar-refractivity contribution is -0.130. The molecule has 110 valence electrons. The normalized spacial score (nSPS) is 36.4. The standard InChI is InChI=1S/C16H30N2O/c1-6-18(7-2)11-10-17-13-12-8-9-16(5,14(13)19)15(12,3)4/h12-13,17H,6-11H2,1-5H3. The van der Waals surface area contributed by atoms with E-state index in [0.717, 1.165) is 32.6 Å². The van der Waals surface area contributed by atoms with Crippen molar-refractivity contribution in [2.75, 3.05) is 26.2 Å². The number of fused-ring (bicyclic) bond motifs is 2. The molecule has 2 bridgehead atoms. The van der Waals surface area contributed by atoms with Crippen molar-refractivity contribution in [1.82, 2.24) is 10.2 Å². The van der Waals surface area contributed by atoms with Crippen LogP contribution in [0.25, 0.3) is 0 Å². The third-order valence-corrected chi connectivity index (χ3v) is 6.22. The minimum Gasteiger partial charge on any atom is -0.306 e. The van der Waals surface area contributed by atoms with Gasteiger partial charge in [0.25, 0.3) is 0 Å². The Labute approximate surface area is 118 Å². The van der Waals surface area contributed by atoms with Crippen LogP contribution in [0.5, 0.6) is 0 Å². The van der Waals surface area contributed by atoms with E-state index in [0.29, 0.717) is 11.7 Å². The molecule has 0 amide bonds. The number of carbonyl (C=O) groups excluding carboxylic acids is 1. The fraction of sp³-hybridized carbons (Fsp3) is 0.938. The molecule has 19 heavy (non-hydrogen) atoms. The maximum Gasteiger partial charge on any atom is 0.156 e. The topological polar surface area (TPSA) is 32.3 Å². The number of hydrogen-bond donors (Lipinski definition) is 1. The van der Waals surface area contributed by atoms with Crippen LogP contribution in [0.15, 0.2) is 0 Å². The smallest absolute Gasteiger partial charge is 0.156 e. The quantitative estimate of drug-likeness (QED) is 0.801. The van der Waals surface area contributed by atoms with Gasteiger partial charge in [-0.15, -0.1) is 0 Å². The summed E-state index contributed by atoms with van der Waals surface area (Å²) >= 11 is 0. The number of Topliss-reactive ketones (excluding diaryl/α,β-unsaturated/α-hetero) is 1. The molecule has 0 saturated heterocycles. The third-order valence-electron chi connectivity index (χ3n) is 6.22. The van der Waals surface area contributed by atoms with E-state index in [-0.39, 0.29) is 16.9 Å². The minimum absolute atomic E-state index is 0.0927. The van der Waals surface area contributed by atoms with Gasteiger partial charge in [-0.1, -0.05) is 34.6 Å². The summed E-state index contributed by atoms with van der Waals surface area (Å²) in [7, 11) is 0. The highest BCUT2D eigenvalue weighted by Gasteiger charge is 2.65. The fourth-order valence-corrected chi connectivity index (χ4v) is 4.24. The van der Waals surface area contributed by atoms with Crippen LogP contribution < -0.4 is 5.32 Å². The molecule has 0 spiro atoms. The van der Waals surface area contributed by atoms with Gasteiger partial charge in [-0.05, 0) is 37.3 Å². The predicted octanol–water partition coefficient (Wildman–Crippen LogP) is 2.31. The molecule has 0 aromatic rings. The fourth-order valence-electron chi connectivity index (χ4n) is 4.24. The molecular formula is C16H30N2O. The van der Waals surface area contributed by atoms with Crippen LogP contribution in [0.3, 0.4) is 0 Å². The zero-order chi connectivity index (χ0) is 14.3. The molecule has 0 aromatic carbocycles. The van der Waals surface area contributed by atoms with Gasteiger partial charge in [-0.25, -0.2) is 0 Å². The zero-order valence-electron chi connectivity index (χ0n) is 13.3. The Morgan fingerprint density at radius 3 is 2.37 bits per heavy atom. The Morgan fingerprint density at radius 1 is 1.26 bits per heavy atom. The van der Waals surface area contributed by atoms with Crippen LogP contribution >= 0.6 is 0 Å². The lowest BCUT2D eigenvalue weighted by Crippen LogP contribution is -2.46. The molecule has 2 fully saturated rings. The van der Waals surface area contributed by atoms with E-state index in [4.69, 9.17) is 0 Å². The maximum absolute atomic E-state index is 12.6. The Kier molecular flexibility index (Phi) is 4.08. The molecule has 3 atom stereocenters. The third kappa shape index (κ3) is 2.15. The molecule has 0 heterocycles. The molecule has 0 radical (unpaired) electrons. The van der Waals surface area contributed by atoms with E-state index in [1.54, 1.807) is 0 Å². The molecule has 2 aliphatic rings. The number of nitrogens with zero attached hydrogens (tertiary/aromatic N) is 1. The van der Waals surface area contributed by atoms with Crippen molar-refractivity contribution in [3.05, 3.63) is 0 Å². The van der Waals surface area contributed by atoms with E-state index in [1.807, 2.05) is 0 Å². The summed E-state index contributed by atoms with van der Waals surface area (Å²) in [5.41, 5.74) is 0.0709. The average molecular weight is 266 g/mol. The van der Waals surface area contributed by atoms with Crippen molar-refractivity contribution in [2.45, 2.75) is 53.5 Å². The van der Waals surface area contributed by atoms with E-state index in [9.17, 15) is 4.79 Å². The molecule has 0 aromatic heterocycles. The van der Waals surface area contributed by atoms with Crippen LogP contribution in [0.1, 0.15) is 47.5 Å². The van der Waals surface area contributed by atoms with E-state index < -0.39 is 0 Å². The first kappa shape index (κ1) is 15.0. The first-order chi connectivity index (χ1) is 8.88. The zero-order valence-corrected chi connectivity index (χ0v) is 13.3. The second-order valence-electron chi connectivity index (χ2n) is 7.02. The van der Waals surface area contributed by atoms with Gasteiger partial charge in [0.1, 0.15) is 0 Å². The number of carbonyl (C=O) groups is 1. The van der Waals surface area contributed by atoms with Crippen LogP contribution in [0.4, 0.5) is 0 Å². The van der Waals surface area contributed by atoms with Crippen LogP contribution in [0.2, 0.25) is 0 Å². The number of rotatable bonds is 6. The van der Waals surface area contributed by atoms with Crippen molar-refractivity contribution < 1.29 is 4.79 Å². The SMILES string of the molecule is CCN(CC)CCNC1C(=O)C2(C)CCC1C2(C)C. The molecule has 3 nitrogen and oxygen atoms in total. The first-order valence-electron chi connectivity index (χ1n) is 7.88. The summed E-state index contributed by atoms with van der Waals surface area (Å²) in [4.78, 5) is 15.0. The van der Waals surface area contributed by atoms with E-state index >= 15 is 0 Å². The van der Waals surface area contributed by atoms with Crippen LogP contribution in [-0.2, 0) is 4.79 Å². The number of nitrogens with one attached hydrogen (secondary N) is 1. The van der Waals surface area contributed by atoms with Gasteiger partial charge in [0, 0.05) is 18.5 Å².